The quantitative estimate of drug-likeness (QED) is 0.756. The highest BCUT2D eigenvalue weighted by molar-refractivity contribution is 5.49. The lowest BCUT2D eigenvalue weighted by Gasteiger charge is -2.25. The molecule has 3 rings (SSSR count). The lowest BCUT2D eigenvalue weighted by Crippen LogP contribution is -3.00. The van der Waals surface area contributed by atoms with Gasteiger partial charge in [0.25, 0.3) is 0 Å². The summed E-state index contributed by atoms with van der Waals surface area (Å²) in [4.78, 5) is 0. The highest BCUT2D eigenvalue weighted by Crippen LogP contribution is 2.34. The molecule has 0 aromatic heterocycles. The summed E-state index contributed by atoms with van der Waals surface area (Å²) in [5, 5.41) is 2.34. The van der Waals surface area contributed by atoms with Crippen molar-refractivity contribution in [1.29, 1.82) is 0 Å². The number of benzene rings is 2. The average molecular weight is 382 g/mol. The van der Waals surface area contributed by atoms with E-state index in [1.807, 2.05) is 12.1 Å². The molecule has 0 radical (unpaired) electrons. The van der Waals surface area contributed by atoms with Crippen LogP contribution in [-0.2, 0) is 12.8 Å². The Hall–Kier alpha value is -1.59. The molecule has 3 nitrogen and oxygen atoms in total. The SMILES string of the molecule is COc1cc2c(cc1OC)C(Cc1ccc(F)cc1)[NH2+]CC2.[Br-]. The van der Waals surface area contributed by atoms with Crippen molar-refractivity contribution in [1.82, 2.24) is 0 Å². The van der Waals surface area contributed by atoms with Crippen LogP contribution in [0, 0.1) is 5.82 Å². The molecular weight excluding hydrogens is 361 g/mol. The summed E-state index contributed by atoms with van der Waals surface area (Å²) in [6.45, 7) is 1.05. The third kappa shape index (κ3) is 3.85. The number of nitrogens with two attached hydrogens (primary N) is 1. The number of hydrogen-bond donors (Lipinski definition) is 1. The fourth-order valence-electron chi connectivity index (χ4n) is 3.13. The molecule has 5 heteroatoms. The van der Waals surface area contributed by atoms with Crippen LogP contribution < -0.4 is 31.8 Å². The van der Waals surface area contributed by atoms with Gasteiger partial charge in [-0.1, -0.05) is 12.1 Å². The van der Waals surface area contributed by atoms with Crippen LogP contribution in [0.5, 0.6) is 11.5 Å². The molecule has 0 bridgehead atoms. The smallest absolute Gasteiger partial charge is 0.161 e. The number of quaternary nitrogens is 1. The number of hydrogen-bond acceptors (Lipinski definition) is 2. The molecule has 1 aliphatic rings. The van der Waals surface area contributed by atoms with Gasteiger partial charge < -0.3 is 31.8 Å². The first-order valence-electron chi connectivity index (χ1n) is 7.54. The van der Waals surface area contributed by atoms with Gasteiger partial charge in [-0.15, -0.1) is 0 Å². The summed E-state index contributed by atoms with van der Waals surface area (Å²) in [6, 6.07) is 11.3. The number of methoxy groups -OCH3 is 2. The zero-order valence-corrected chi connectivity index (χ0v) is 14.9. The van der Waals surface area contributed by atoms with Gasteiger partial charge in [0, 0.05) is 18.4 Å². The van der Waals surface area contributed by atoms with Crippen LogP contribution in [0.1, 0.15) is 22.7 Å². The van der Waals surface area contributed by atoms with E-state index in [1.165, 1.54) is 23.3 Å². The fourth-order valence-corrected chi connectivity index (χ4v) is 3.13. The molecular formula is C18H21BrFNO2. The molecule has 124 valence electrons. The van der Waals surface area contributed by atoms with Gasteiger partial charge in [-0.3, -0.25) is 0 Å². The number of fused-ring (bicyclic) bond motifs is 1. The molecule has 0 saturated carbocycles. The monoisotopic (exact) mass is 381 g/mol. The molecule has 0 fully saturated rings. The fraction of sp³-hybridized carbons (Fsp3) is 0.333. The second kappa shape index (κ2) is 7.79. The number of rotatable bonds is 4. The van der Waals surface area contributed by atoms with Crippen molar-refractivity contribution in [2.45, 2.75) is 18.9 Å². The standard InChI is InChI=1S/C18H20FNO2.BrH/c1-21-17-10-13-7-8-20-16(15(13)11-18(17)22-2)9-12-3-5-14(19)6-4-12;/h3-6,10-11,16,20H,7-9H2,1-2H3;1H. The molecule has 1 unspecified atom stereocenters. The van der Waals surface area contributed by atoms with Crippen molar-refractivity contribution in [3.8, 4) is 11.5 Å². The van der Waals surface area contributed by atoms with Crippen LogP contribution in [0.15, 0.2) is 36.4 Å². The lowest BCUT2D eigenvalue weighted by molar-refractivity contribution is -0.698. The number of halogens is 2. The van der Waals surface area contributed by atoms with Crippen LogP contribution in [0.3, 0.4) is 0 Å². The van der Waals surface area contributed by atoms with E-state index in [-0.39, 0.29) is 22.8 Å². The van der Waals surface area contributed by atoms with Crippen molar-refractivity contribution in [2.75, 3.05) is 20.8 Å². The van der Waals surface area contributed by atoms with Crippen LogP contribution in [0.4, 0.5) is 4.39 Å². The Bertz CT molecular complexity index is 661. The van der Waals surface area contributed by atoms with Crippen LogP contribution >= 0.6 is 0 Å². The predicted octanol–water partition coefficient (Wildman–Crippen LogP) is -0.750. The number of ether oxygens (including phenoxy) is 2. The van der Waals surface area contributed by atoms with E-state index in [2.05, 4.69) is 17.4 Å². The summed E-state index contributed by atoms with van der Waals surface area (Å²) in [5.74, 6) is 1.35. The topological polar surface area (TPSA) is 35.1 Å². The molecule has 2 aromatic carbocycles. The Balaban J connectivity index is 0.00000192. The van der Waals surface area contributed by atoms with Gasteiger partial charge in [0.15, 0.2) is 11.5 Å². The molecule has 0 saturated heterocycles. The van der Waals surface area contributed by atoms with Gasteiger partial charge in [0.1, 0.15) is 11.9 Å². The van der Waals surface area contributed by atoms with E-state index in [0.29, 0.717) is 6.04 Å². The van der Waals surface area contributed by atoms with Crippen molar-refractivity contribution in [3.05, 3.63) is 58.9 Å². The Morgan fingerprint density at radius 3 is 2.39 bits per heavy atom. The Kier molecular flexibility index (Phi) is 6.02. The van der Waals surface area contributed by atoms with Crippen LogP contribution in [0.2, 0.25) is 0 Å². The first kappa shape index (κ1) is 17.8. The molecule has 0 aliphatic carbocycles. The second-order valence-electron chi connectivity index (χ2n) is 5.62. The van der Waals surface area contributed by atoms with Crippen molar-refractivity contribution < 1.29 is 36.2 Å². The highest BCUT2D eigenvalue weighted by atomic mass is 79.9. The first-order valence-corrected chi connectivity index (χ1v) is 7.54. The minimum absolute atomic E-state index is 0. The lowest BCUT2D eigenvalue weighted by atomic mass is 9.90. The highest BCUT2D eigenvalue weighted by Gasteiger charge is 2.25. The second-order valence-corrected chi connectivity index (χ2v) is 5.62. The molecule has 1 atom stereocenters. The molecule has 2 N–H and O–H groups in total. The summed E-state index contributed by atoms with van der Waals surface area (Å²) in [6.07, 6.45) is 1.90. The van der Waals surface area contributed by atoms with Gasteiger partial charge >= 0.3 is 0 Å². The zero-order valence-electron chi connectivity index (χ0n) is 13.3. The van der Waals surface area contributed by atoms with E-state index in [4.69, 9.17) is 9.47 Å². The molecule has 1 heterocycles. The van der Waals surface area contributed by atoms with E-state index in [0.717, 1.165) is 36.4 Å². The Morgan fingerprint density at radius 2 is 1.74 bits per heavy atom. The maximum atomic E-state index is 13.0. The van der Waals surface area contributed by atoms with E-state index >= 15 is 0 Å². The molecule has 2 aromatic rings. The van der Waals surface area contributed by atoms with Gasteiger partial charge in [-0.25, -0.2) is 4.39 Å². The summed E-state index contributed by atoms with van der Waals surface area (Å²) in [5.41, 5.74) is 3.74. The van der Waals surface area contributed by atoms with Gasteiger partial charge in [-0.05, 0) is 35.4 Å². The molecule has 1 aliphatic heterocycles. The van der Waals surface area contributed by atoms with Crippen molar-refractivity contribution >= 4 is 0 Å². The third-order valence-electron chi connectivity index (χ3n) is 4.28. The minimum Gasteiger partial charge on any atom is -1.00 e. The largest absolute Gasteiger partial charge is 1.00 e. The third-order valence-corrected chi connectivity index (χ3v) is 4.28. The summed E-state index contributed by atoms with van der Waals surface area (Å²) < 4.78 is 23.9. The summed E-state index contributed by atoms with van der Waals surface area (Å²) in [7, 11) is 3.32. The first-order chi connectivity index (χ1) is 10.7. The van der Waals surface area contributed by atoms with Gasteiger partial charge in [0.2, 0.25) is 0 Å². The van der Waals surface area contributed by atoms with E-state index in [1.54, 1.807) is 14.2 Å². The van der Waals surface area contributed by atoms with E-state index in [9.17, 15) is 4.39 Å². The van der Waals surface area contributed by atoms with Crippen LogP contribution in [-0.4, -0.2) is 20.8 Å². The van der Waals surface area contributed by atoms with Gasteiger partial charge in [-0.2, -0.15) is 0 Å². The van der Waals surface area contributed by atoms with Crippen molar-refractivity contribution in [2.24, 2.45) is 0 Å². The Labute approximate surface area is 146 Å². The van der Waals surface area contributed by atoms with E-state index < -0.39 is 0 Å². The van der Waals surface area contributed by atoms with Gasteiger partial charge in [0.05, 0.1) is 20.8 Å². The molecule has 23 heavy (non-hydrogen) atoms. The maximum absolute atomic E-state index is 13.0. The zero-order chi connectivity index (χ0) is 15.5. The average Bonchev–Trinajstić information content (AvgIpc) is 2.56. The maximum Gasteiger partial charge on any atom is 0.161 e. The molecule has 0 spiro atoms. The predicted molar refractivity (Wildman–Crippen MR) is 82.9 cm³/mol. The molecule has 0 amide bonds. The Morgan fingerprint density at radius 1 is 1.09 bits per heavy atom. The normalized spacial score (nSPS) is 16.2. The van der Waals surface area contributed by atoms with Crippen LogP contribution in [0.25, 0.3) is 0 Å². The summed E-state index contributed by atoms with van der Waals surface area (Å²) >= 11 is 0. The van der Waals surface area contributed by atoms with Crippen molar-refractivity contribution in [3.63, 3.8) is 0 Å². The minimum atomic E-state index is -0.192.